The summed E-state index contributed by atoms with van der Waals surface area (Å²) in [5.74, 6) is 3.87. The van der Waals surface area contributed by atoms with Gasteiger partial charge in [-0.05, 0) is 109 Å². The maximum Gasteiger partial charge on any atom is 0.0809 e. The van der Waals surface area contributed by atoms with E-state index in [2.05, 4.69) is 27.7 Å². The van der Waals surface area contributed by atoms with Gasteiger partial charge in [0.1, 0.15) is 0 Å². The van der Waals surface area contributed by atoms with Crippen molar-refractivity contribution in [3.63, 3.8) is 0 Å². The van der Waals surface area contributed by atoms with E-state index >= 15 is 0 Å². The Kier molecular flexibility index (Phi) is 4.27. The molecule has 6 fully saturated rings. The van der Waals surface area contributed by atoms with Crippen molar-refractivity contribution in [2.24, 2.45) is 51.2 Å². The van der Waals surface area contributed by atoms with Crippen LogP contribution in [0.2, 0.25) is 0 Å². The van der Waals surface area contributed by atoms with Crippen molar-refractivity contribution in [2.45, 2.75) is 110 Å². The van der Waals surface area contributed by atoms with Gasteiger partial charge in [-0.25, -0.2) is 0 Å². The number of hydrogen-bond donors (Lipinski definition) is 2. The van der Waals surface area contributed by atoms with Gasteiger partial charge in [0.15, 0.2) is 0 Å². The van der Waals surface area contributed by atoms with E-state index in [4.69, 9.17) is 4.74 Å². The summed E-state index contributed by atoms with van der Waals surface area (Å²) in [4.78, 5) is 0. The second-order valence-electron chi connectivity index (χ2n) is 13.3. The van der Waals surface area contributed by atoms with E-state index in [1.807, 2.05) is 0 Å². The normalized spacial score (nSPS) is 61.0. The minimum atomic E-state index is -0.124. The predicted molar refractivity (Wildman–Crippen MR) is 118 cm³/mol. The molecule has 6 aliphatic rings. The largest absolute Gasteiger partial charge is 0.394 e. The first-order valence-electron chi connectivity index (χ1n) is 13.2. The van der Waals surface area contributed by atoms with E-state index in [0.717, 1.165) is 30.6 Å². The Hall–Kier alpha value is -0.120. The molecule has 1 saturated heterocycles. The molecule has 2 N–H and O–H groups in total. The molecule has 3 nitrogen and oxygen atoms in total. The molecule has 11 unspecified atom stereocenters. The van der Waals surface area contributed by atoms with Crippen LogP contribution < -0.4 is 0 Å². The number of aliphatic hydroxyl groups excluding tert-OH is 2. The monoisotopic (exact) mass is 416 g/mol. The zero-order valence-corrected chi connectivity index (χ0v) is 19.7. The first-order valence-corrected chi connectivity index (χ1v) is 13.2. The van der Waals surface area contributed by atoms with Crippen molar-refractivity contribution in [3.05, 3.63) is 0 Å². The van der Waals surface area contributed by atoms with Crippen LogP contribution in [0.4, 0.5) is 0 Å². The van der Waals surface area contributed by atoms with Crippen LogP contribution in [0, 0.1) is 51.2 Å². The number of aliphatic hydroxyl groups is 2. The van der Waals surface area contributed by atoms with Gasteiger partial charge in [-0.15, -0.1) is 0 Å². The fourth-order valence-corrected chi connectivity index (χ4v) is 11.4. The van der Waals surface area contributed by atoms with Crippen molar-refractivity contribution in [2.75, 3.05) is 6.61 Å². The number of fused-ring (bicyclic) bond motifs is 4. The lowest BCUT2D eigenvalue weighted by atomic mass is 9.51. The van der Waals surface area contributed by atoms with Gasteiger partial charge < -0.3 is 14.9 Å². The number of hydrogen-bond acceptors (Lipinski definition) is 3. The Morgan fingerprint density at radius 1 is 0.867 bits per heavy atom. The molecule has 1 aliphatic heterocycles. The highest BCUT2D eigenvalue weighted by atomic mass is 16.5. The van der Waals surface area contributed by atoms with Crippen molar-refractivity contribution < 1.29 is 14.9 Å². The molecule has 0 amide bonds. The minimum Gasteiger partial charge on any atom is -0.394 e. The average molecular weight is 417 g/mol. The number of ether oxygens (including phenoxy) is 1. The van der Waals surface area contributed by atoms with Crippen LogP contribution >= 0.6 is 0 Å². The SMILES string of the molecule is CC1C23CCC4(C)C5CCC(CO)OC5CC4C2CCCC2C(C)(C)C(O)CCC213. The standard InChI is InChI=1S/C27H44O3/c1-16-26-13-12-25(4)19-9-8-17(15-28)30-21(19)14-20(25)18(26)6-5-7-22-24(2,3)23(29)10-11-27(16,22)26/h16-23,28-29H,5-15H2,1-4H3. The third kappa shape index (κ3) is 2.15. The van der Waals surface area contributed by atoms with Gasteiger partial charge in [-0.1, -0.05) is 34.1 Å². The fraction of sp³-hybridized carbons (Fsp3) is 1.00. The van der Waals surface area contributed by atoms with E-state index in [9.17, 15) is 10.2 Å². The first kappa shape index (κ1) is 20.5. The predicted octanol–water partition coefficient (Wildman–Crippen LogP) is 5.18. The van der Waals surface area contributed by atoms with Gasteiger partial charge in [-0.3, -0.25) is 0 Å². The van der Waals surface area contributed by atoms with Gasteiger partial charge in [0.05, 0.1) is 24.9 Å². The summed E-state index contributed by atoms with van der Waals surface area (Å²) in [5, 5.41) is 20.6. The summed E-state index contributed by atoms with van der Waals surface area (Å²) >= 11 is 0. The molecule has 11 atom stereocenters. The molecule has 5 aliphatic carbocycles. The molecule has 0 bridgehead atoms. The Morgan fingerprint density at radius 2 is 1.67 bits per heavy atom. The second kappa shape index (κ2) is 6.26. The maximum absolute atomic E-state index is 10.9. The molecule has 6 rings (SSSR count). The lowest BCUT2D eigenvalue weighted by Crippen LogP contribution is -2.50. The van der Waals surface area contributed by atoms with Gasteiger partial charge in [0, 0.05) is 0 Å². The number of rotatable bonds is 1. The third-order valence-corrected chi connectivity index (χ3v) is 12.8. The fourth-order valence-electron chi connectivity index (χ4n) is 11.4. The Morgan fingerprint density at radius 3 is 2.43 bits per heavy atom. The van der Waals surface area contributed by atoms with Gasteiger partial charge in [0.25, 0.3) is 0 Å². The molecule has 170 valence electrons. The Labute approximate surface area is 183 Å². The van der Waals surface area contributed by atoms with Crippen LogP contribution in [0.3, 0.4) is 0 Å². The first-order chi connectivity index (χ1) is 14.2. The highest BCUT2D eigenvalue weighted by Gasteiger charge is 2.83. The lowest BCUT2D eigenvalue weighted by Gasteiger charge is -2.54. The van der Waals surface area contributed by atoms with Crippen LogP contribution in [0.15, 0.2) is 0 Å². The molecule has 5 saturated carbocycles. The highest BCUT2D eigenvalue weighted by Crippen LogP contribution is 2.88. The maximum atomic E-state index is 10.9. The summed E-state index contributed by atoms with van der Waals surface area (Å²) in [7, 11) is 0. The molecule has 1 heterocycles. The second-order valence-corrected chi connectivity index (χ2v) is 13.3. The van der Waals surface area contributed by atoms with E-state index < -0.39 is 0 Å². The zero-order valence-electron chi connectivity index (χ0n) is 19.7. The van der Waals surface area contributed by atoms with E-state index in [0.29, 0.717) is 34.2 Å². The molecular weight excluding hydrogens is 372 g/mol. The summed E-state index contributed by atoms with van der Waals surface area (Å²) in [6, 6.07) is 0. The van der Waals surface area contributed by atoms with Crippen molar-refractivity contribution >= 4 is 0 Å². The van der Waals surface area contributed by atoms with Crippen LogP contribution in [0.5, 0.6) is 0 Å². The van der Waals surface area contributed by atoms with Gasteiger partial charge in [-0.2, -0.15) is 0 Å². The summed E-state index contributed by atoms with van der Waals surface area (Å²) < 4.78 is 6.47. The molecular formula is C27H44O3. The molecule has 0 aromatic carbocycles. The topological polar surface area (TPSA) is 49.7 Å². The lowest BCUT2D eigenvalue weighted by molar-refractivity contribution is -0.114. The van der Waals surface area contributed by atoms with Crippen LogP contribution in [-0.4, -0.2) is 35.1 Å². The molecule has 30 heavy (non-hydrogen) atoms. The van der Waals surface area contributed by atoms with E-state index in [1.54, 1.807) is 0 Å². The molecule has 0 aromatic rings. The van der Waals surface area contributed by atoms with Crippen LogP contribution in [0.1, 0.15) is 91.9 Å². The highest BCUT2D eigenvalue weighted by molar-refractivity contribution is 5.31. The van der Waals surface area contributed by atoms with E-state index in [1.165, 1.54) is 51.4 Å². The Bertz CT molecular complexity index is 719. The van der Waals surface area contributed by atoms with Crippen LogP contribution in [-0.2, 0) is 4.74 Å². The van der Waals surface area contributed by atoms with Gasteiger partial charge >= 0.3 is 0 Å². The smallest absolute Gasteiger partial charge is 0.0809 e. The van der Waals surface area contributed by atoms with Crippen molar-refractivity contribution in [1.29, 1.82) is 0 Å². The van der Waals surface area contributed by atoms with Gasteiger partial charge in [0.2, 0.25) is 0 Å². The summed E-state index contributed by atoms with van der Waals surface area (Å²) in [6.45, 7) is 10.2. The average Bonchev–Trinajstić information content (AvgIpc) is 3.14. The molecule has 0 aromatic heterocycles. The summed E-state index contributed by atoms with van der Waals surface area (Å²) in [6.07, 6.45) is 13.0. The van der Waals surface area contributed by atoms with Crippen LogP contribution in [0.25, 0.3) is 0 Å². The minimum absolute atomic E-state index is 0.0623. The molecule has 3 heteroatoms. The quantitative estimate of drug-likeness (QED) is 0.619. The van der Waals surface area contributed by atoms with Crippen molar-refractivity contribution in [1.82, 2.24) is 0 Å². The van der Waals surface area contributed by atoms with E-state index in [-0.39, 0.29) is 24.2 Å². The molecule has 2 spiro atoms. The molecule has 0 radical (unpaired) electrons. The van der Waals surface area contributed by atoms with Crippen molar-refractivity contribution in [3.8, 4) is 0 Å². The Balaban J connectivity index is 1.37. The third-order valence-electron chi connectivity index (χ3n) is 12.8. The zero-order chi connectivity index (χ0) is 21.1. The summed E-state index contributed by atoms with van der Waals surface area (Å²) in [5.41, 5.74) is 1.51.